The molecule has 2 fully saturated rings. The number of rotatable bonds is 5. The first-order valence-electron chi connectivity index (χ1n) is 9.72. The Labute approximate surface area is 159 Å². The molecule has 6 heteroatoms. The summed E-state index contributed by atoms with van der Waals surface area (Å²) in [5, 5.41) is 0.642. The zero-order valence-electron chi connectivity index (χ0n) is 15.6. The predicted octanol–water partition coefficient (Wildman–Crippen LogP) is 3.71. The molecule has 2 saturated heterocycles. The Balaban J connectivity index is 1.44. The van der Waals surface area contributed by atoms with E-state index in [2.05, 4.69) is 28.6 Å². The highest BCUT2D eigenvalue weighted by atomic mass is 35.5. The highest BCUT2D eigenvalue weighted by molar-refractivity contribution is 6.30. The topological polar surface area (TPSA) is 40.9 Å². The van der Waals surface area contributed by atoms with Crippen LogP contribution < -0.4 is 0 Å². The van der Waals surface area contributed by atoms with E-state index in [0.29, 0.717) is 22.8 Å². The number of aromatic nitrogens is 2. The molecule has 0 aliphatic carbocycles. The predicted molar refractivity (Wildman–Crippen MR) is 104 cm³/mol. The maximum atomic E-state index is 13.1. The van der Waals surface area contributed by atoms with Crippen molar-refractivity contribution in [1.29, 1.82) is 0 Å². The lowest BCUT2D eigenvalue weighted by Gasteiger charge is -2.25. The van der Waals surface area contributed by atoms with Crippen molar-refractivity contribution >= 4 is 23.2 Å². The fourth-order valence-corrected chi connectivity index (χ4v) is 4.69. The van der Waals surface area contributed by atoms with Crippen LogP contribution in [0.2, 0.25) is 5.02 Å². The number of amides is 1. The smallest absolute Gasteiger partial charge is 0.274 e. The van der Waals surface area contributed by atoms with Crippen molar-refractivity contribution in [3.8, 4) is 0 Å². The summed E-state index contributed by atoms with van der Waals surface area (Å²) in [6.07, 6.45) is 8.28. The number of fused-ring (bicyclic) bond motifs is 2. The van der Waals surface area contributed by atoms with Crippen LogP contribution in [-0.4, -0.2) is 56.8 Å². The molecule has 4 rings (SSSR count). The summed E-state index contributed by atoms with van der Waals surface area (Å²) in [5.74, 6) is 0.819. The molecule has 140 valence electrons. The van der Waals surface area contributed by atoms with Crippen LogP contribution in [0.25, 0.3) is 5.65 Å². The van der Waals surface area contributed by atoms with E-state index in [1.807, 2.05) is 10.5 Å². The molecule has 0 spiro atoms. The van der Waals surface area contributed by atoms with Gasteiger partial charge in [0, 0.05) is 37.6 Å². The molecule has 2 aromatic heterocycles. The fourth-order valence-electron chi connectivity index (χ4n) is 4.52. The van der Waals surface area contributed by atoms with Gasteiger partial charge in [-0.3, -0.25) is 9.69 Å². The van der Waals surface area contributed by atoms with E-state index in [0.717, 1.165) is 44.0 Å². The molecule has 2 atom stereocenters. The lowest BCUT2D eigenvalue weighted by atomic mass is 10.1. The average Bonchev–Trinajstić information content (AvgIpc) is 3.28. The van der Waals surface area contributed by atoms with E-state index >= 15 is 0 Å². The largest absolute Gasteiger partial charge is 0.333 e. The molecular formula is C20H27ClN4O. The van der Waals surface area contributed by atoms with E-state index in [4.69, 9.17) is 11.6 Å². The minimum Gasteiger partial charge on any atom is -0.333 e. The number of imidazole rings is 1. The monoisotopic (exact) mass is 374 g/mol. The molecule has 0 saturated carbocycles. The number of carbonyl (C=O) groups is 1. The summed E-state index contributed by atoms with van der Waals surface area (Å²) < 4.78 is 1.83. The minimum absolute atomic E-state index is 0.0568. The van der Waals surface area contributed by atoms with E-state index in [-0.39, 0.29) is 5.91 Å². The van der Waals surface area contributed by atoms with Crippen LogP contribution in [0, 0.1) is 5.92 Å². The molecule has 0 radical (unpaired) electrons. The number of hydrogen-bond donors (Lipinski definition) is 0. The van der Waals surface area contributed by atoms with Crippen molar-refractivity contribution in [3.63, 3.8) is 0 Å². The van der Waals surface area contributed by atoms with Gasteiger partial charge in [0.05, 0.1) is 5.02 Å². The average molecular weight is 375 g/mol. The van der Waals surface area contributed by atoms with Gasteiger partial charge < -0.3 is 9.30 Å². The number of likely N-dealkylation sites (tertiary alicyclic amines) is 2. The summed E-state index contributed by atoms with van der Waals surface area (Å²) in [7, 11) is 0. The van der Waals surface area contributed by atoms with Gasteiger partial charge in [-0.1, -0.05) is 25.4 Å². The van der Waals surface area contributed by atoms with Gasteiger partial charge in [-0.25, -0.2) is 4.98 Å². The van der Waals surface area contributed by atoms with Gasteiger partial charge in [0.1, 0.15) is 11.3 Å². The summed E-state index contributed by atoms with van der Waals surface area (Å²) in [4.78, 5) is 22.2. The molecule has 0 aromatic carbocycles. The van der Waals surface area contributed by atoms with Gasteiger partial charge in [0.15, 0.2) is 0 Å². The summed E-state index contributed by atoms with van der Waals surface area (Å²) in [6, 6.07) is 4.51. The van der Waals surface area contributed by atoms with Gasteiger partial charge in [0.25, 0.3) is 5.91 Å². The second kappa shape index (κ2) is 7.20. The third kappa shape index (κ3) is 3.35. The number of nitrogens with zero attached hydrogens (tertiary/aromatic N) is 4. The van der Waals surface area contributed by atoms with Crippen LogP contribution >= 0.6 is 11.6 Å². The molecule has 0 N–H and O–H groups in total. The molecule has 1 amide bonds. The molecule has 26 heavy (non-hydrogen) atoms. The van der Waals surface area contributed by atoms with Crippen LogP contribution in [-0.2, 0) is 0 Å². The van der Waals surface area contributed by atoms with Crippen molar-refractivity contribution in [2.24, 2.45) is 5.92 Å². The maximum absolute atomic E-state index is 13.1. The maximum Gasteiger partial charge on any atom is 0.274 e. The van der Waals surface area contributed by atoms with Gasteiger partial charge in [0.2, 0.25) is 0 Å². The number of halogens is 1. The van der Waals surface area contributed by atoms with Crippen LogP contribution in [0.4, 0.5) is 0 Å². The number of carbonyl (C=O) groups excluding carboxylic acids is 1. The Kier molecular flexibility index (Phi) is 4.93. The molecule has 2 aromatic rings. The summed E-state index contributed by atoms with van der Waals surface area (Å²) in [6.45, 7) is 7.67. The Morgan fingerprint density at radius 2 is 2.04 bits per heavy atom. The standard InChI is InChI=1S/C20H27ClN4O/c1-14(2)4-3-9-23-10-7-18-17(23)8-11-25(18)20(26)16-13-24-12-15(21)5-6-19(24)22-16/h5-6,12-14,17-18H,3-4,7-11H2,1-2H3/t17-,18-/m0/s1. The van der Waals surface area contributed by atoms with Crippen molar-refractivity contribution in [2.45, 2.75) is 51.6 Å². The van der Waals surface area contributed by atoms with E-state index in [1.54, 1.807) is 18.5 Å². The second-order valence-electron chi connectivity index (χ2n) is 8.02. The van der Waals surface area contributed by atoms with Gasteiger partial charge >= 0.3 is 0 Å². The normalized spacial score (nSPS) is 23.3. The third-order valence-electron chi connectivity index (χ3n) is 5.81. The Bertz CT molecular complexity index is 802. The molecule has 2 aliphatic rings. The van der Waals surface area contributed by atoms with E-state index in [9.17, 15) is 4.79 Å². The molecule has 2 aliphatic heterocycles. The first-order valence-corrected chi connectivity index (χ1v) is 10.1. The lowest BCUT2D eigenvalue weighted by Crippen LogP contribution is -2.40. The van der Waals surface area contributed by atoms with Crippen LogP contribution in [0.15, 0.2) is 24.5 Å². The lowest BCUT2D eigenvalue weighted by molar-refractivity contribution is 0.0727. The first kappa shape index (κ1) is 17.8. The quantitative estimate of drug-likeness (QED) is 0.801. The summed E-state index contributed by atoms with van der Waals surface area (Å²) in [5.41, 5.74) is 1.28. The zero-order valence-corrected chi connectivity index (χ0v) is 16.3. The second-order valence-corrected chi connectivity index (χ2v) is 8.46. The SMILES string of the molecule is CC(C)CCCN1CC[C@H]2[C@@H]1CCN2C(=O)c1cn2cc(Cl)ccc2n1. The fraction of sp³-hybridized carbons (Fsp3) is 0.600. The van der Waals surface area contributed by atoms with Crippen molar-refractivity contribution in [1.82, 2.24) is 19.2 Å². The highest BCUT2D eigenvalue weighted by Gasteiger charge is 2.44. The van der Waals surface area contributed by atoms with Gasteiger partial charge in [-0.2, -0.15) is 0 Å². The number of pyridine rings is 1. The van der Waals surface area contributed by atoms with Crippen LogP contribution in [0.5, 0.6) is 0 Å². The van der Waals surface area contributed by atoms with Crippen molar-refractivity contribution in [3.05, 3.63) is 35.2 Å². The Morgan fingerprint density at radius 1 is 1.23 bits per heavy atom. The Hall–Kier alpha value is -1.59. The van der Waals surface area contributed by atoms with Crippen LogP contribution in [0.3, 0.4) is 0 Å². The van der Waals surface area contributed by atoms with E-state index in [1.165, 1.54) is 12.8 Å². The molecular weight excluding hydrogens is 348 g/mol. The first-order chi connectivity index (χ1) is 12.5. The molecule has 0 bridgehead atoms. The van der Waals surface area contributed by atoms with Gasteiger partial charge in [-0.15, -0.1) is 0 Å². The van der Waals surface area contributed by atoms with Gasteiger partial charge in [-0.05, 0) is 50.3 Å². The molecule has 0 unspecified atom stereocenters. The minimum atomic E-state index is 0.0568. The van der Waals surface area contributed by atoms with Crippen molar-refractivity contribution < 1.29 is 4.79 Å². The van der Waals surface area contributed by atoms with E-state index < -0.39 is 0 Å². The highest BCUT2D eigenvalue weighted by Crippen LogP contribution is 2.33. The third-order valence-corrected chi connectivity index (χ3v) is 6.04. The Morgan fingerprint density at radius 3 is 2.85 bits per heavy atom. The summed E-state index contributed by atoms with van der Waals surface area (Å²) >= 11 is 6.04. The molecule has 4 heterocycles. The zero-order chi connectivity index (χ0) is 18.3. The van der Waals surface area contributed by atoms with Crippen molar-refractivity contribution in [2.75, 3.05) is 19.6 Å². The molecule has 5 nitrogen and oxygen atoms in total. The number of hydrogen-bond acceptors (Lipinski definition) is 3. The van der Waals surface area contributed by atoms with Crippen LogP contribution in [0.1, 0.15) is 50.0 Å².